The zero-order chi connectivity index (χ0) is 15.8. The van der Waals surface area contributed by atoms with Gasteiger partial charge < -0.3 is 9.47 Å². The topological polar surface area (TPSA) is 35.5 Å². The molecule has 0 amide bonds. The number of hydrogen-bond donors (Lipinski definition) is 0. The Kier molecular flexibility index (Phi) is 4.69. The molecule has 3 atom stereocenters. The van der Waals surface area contributed by atoms with Crippen LogP contribution in [-0.2, 0) is 14.3 Å². The molecule has 0 radical (unpaired) electrons. The predicted molar refractivity (Wildman–Crippen MR) is 87.8 cm³/mol. The normalized spacial score (nSPS) is 33.8. The summed E-state index contributed by atoms with van der Waals surface area (Å²) in [6.07, 6.45) is 2.74. The van der Waals surface area contributed by atoms with Crippen molar-refractivity contribution >= 4 is 14.0 Å². The lowest BCUT2D eigenvalue weighted by atomic mass is 9.57. The van der Waals surface area contributed by atoms with E-state index in [0.29, 0.717) is 18.3 Å². The van der Waals surface area contributed by atoms with Gasteiger partial charge in [0.15, 0.2) is 0 Å². The van der Waals surface area contributed by atoms with Crippen LogP contribution in [0.3, 0.4) is 0 Å². The highest BCUT2D eigenvalue weighted by molar-refractivity contribution is 6.81. The minimum atomic E-state index is -1.27. The second-order valence-electron chi connectivity index (χ2n) is 8.27. The quantitative estimate of drug-likeness (QED) is 0.587. The summed E-state index contributed by atoms with van der Waals surface area (Å²) in [5, 5.41) is 0. The molecule has 3 nitrogen and oxygen atoms in total. The molecule has 0 unspecified atom stereocenters. The highest BCUT2D eigenvalue weighted by Crippen LogP contribution is 2.53. The lowest BCUT2D eigenvalue weighted by molar-refractivity contribution is -0.158. The van der Waals surface area contributed by atoms with Gasteiger partial charge in [-0.2, -0.15) is 0 Å². The van der Waals surface area contributed by atoms with Crippen molar-refractivity contribution in [3.05, 3.63) is 11.3 Å². The standard InChI is InChI=1S/C17H30O3Si/c1-17(2)13-8-7-12(11-21(4,5)6)16(17)14(20-10-13)9-15(18)19-3/h11,13-14,16H,7-10H2,1-6H3/b12-11+/t13-,14+,16+/m1/s1. The summed E-state index contributed by atoms with van der Waals surface area (Å²) >= 11 is 0. The fourth-order valence-electron chi connectivity index (χ4n) is 4.09. The molecule has 1 aliphatic carbocycles. The van der Waals surface area contributed by atoms with Gasteiger partial charge in [-0.25, -0.2) is 0 Å². The summed E-state index contributed by atoms with van der Waals surface area (Å²) < 4.78 is 10.9. The second-order valence-corrected chi connectivity index (χ2v) is 13.3. The molecule has 0 aromatic carbocycles. The molecule has 21 heavy (non-hydrogen) atoms. The fourth-order valence-corrected chi connectivity index (χ4v) is 5.53. The van der Waals surface area contributed by atoms with Crippen LogP contribution >= 0.6 is 0 Å². The van der Waals surface area contributed by atoms with Crippen molar-refractivity contribution in [2.75, 3.05) is 13.7 Å². The number of rotatable bonds is 3. The van der Waals surface area contributed by atoms with Crippen molar-refractivity contribution in [1.82, 2.24) is 0 Å². The zero-order valence-corrected chi connectivity index (χ0v) is 15.4. The van der Waals surface area contributed by atoms with Crippen LogP contribution in [0, 0.1) is 17.3 Å². The van der Waals surface area contributed by atoms with Crippen molar-refractivity contribution in [3.8, 4) is 0 Å². The summed E-state index contributed by atoms with van der Waals surface area (Å²) in [5.41, 5.74) is 4.28. The first kappa shape index (κ1) is 16.8. The Morgan fingerprint density at radius 2 is 2.10 bits per heavy atom. The van der Waals surface area contributed by atoms with Crippen LogP contribution < -0.4 is 0 Å². The molecule has 2 fully saturated rings. The maximum absolute atomic E-state index is 11.7. The number of hydrogen-bond acceptors (Lipinski definition) is 3. The van der Waals surface area contributed by atoms with E-state index in [2.05, 4.69) is 39.2 Å². The Morgan fingerprint density at radius 1 is 1.43 bits per heavy atom. The Hall–Kier alpha value is -0.613. The number of methoxy groups -OCH3 is 1. The van der Waals surface area contributed by atoms with E-state index in [4.69, 9.17) is 9.47 Å². The van der Waals surface area contributed by atoms with Crippen molar-refractivity contribution < 1.29 is 14.3 Å². The van der Waals surface area contributed by atoms with Crippen LogP contribution in [0.25, 0.3) is 0 Å². The molecular weight excluding hydrogens is 280 g/mol. The molecule has 1 aliphatic heterocycles. The second kappa shape index (κ2) is 5.88. The molecule has 1 saturated carbocycles. The monoisotopic (exact) mass is 310 g/mol. The average molecular weight is 311 g/mol. The Morgan fingerprint density at radius 3 is 2.67 bits per heavy atom. The van der Waals surface area contributed by atoms with E-state index in [0.717, 1.165) is 6.61 Å². The van der Waals surface area contributed by atoms with Crippen LogP contribution in [-0.4, -0.2) is 33.9 Å². The third-order valence-electron chi connectivity index (χ3n) is 5.13. The predicted octanol–water partition coefficient (Wildman–Crippen LogP) is 3.80. The number of esters is 1. The number of carbonyl (C=O) groups is 1. The first-order valence-corrected chi connectivity index (χ1v) is 11.6. The van der Waals surface area contributed by atoms with Crippen LogP contribution in [0.15, 0.2) is 11.3 Å². The maximum atomic E-state index is 11.7. The minimum absolute atomic E-state index is 0.0217. The summed E-state index contributed by atoms with van der Waals surface area (Å²) in [6.45, 7) is 12.6. The maximum Gasteiger partial charge on any atom is 0.308 e. The highest BCUT2D eigenvalue weighted by atomic mass is 28.3. The SMILES string of the molecule is COC(=O)C[C@@H]1OC[C@H]2CC/C(=C\[Si](C)(C)C)[C@@H]1C2(C)C. The molecule has 120 valence electrons. The van der Waals surface area contributed by atoms with E-state index in [9.17, 15) is 4.79 Å². The first-order chi connectivity index (χ1) is 9.65. The lowest BCUT2D eigenvalue weighted by Crippen LogP contribution is -2.52. The molecule has 2 bridgehead atoms. The van der Waals surface area contributed by atoms with E-state index in [1.54, 1.807) is 0 Å². The van der Waals surface area contributed by atoms with Crippen molar-refractivity contribution in [3.63, 3.8) is 0 Å². The van der Waals surface area contributed by atoms with E-state index in [1.807, 2.05) is 0 Å². The van der Waals surface area contributed by atoms with Crippen LogP contribution in [0.4, 0.5) is 0 Å². The molecule has 1 heterocycles. The Labute approximate surface area is 130 Å². The van der Waals surface area contributed by atoms with Gasteiger partial charge in [0, 0.05) is 5.92 Å². The number of carbonyl (C=O) groups excluding carboxylic acids is 1. The average Bonchev–Trinajstić information content (AvgIpc) is 2.32. The highest BCUT2D eigenvalue weighted by Gasteiger charge is 2.50. The van der Waals surface area contributed by atoms with Crippen molar-refractivity contribution in [1.29, 1.82) is 0 Å². The summed E-state index contributed by atoms with van der Waals surface area (Å²) in [7, 11) is 0.182. The Bertz CT molecular complexity index is 434. The van der Waals surface area contributed by atoms with Crippen molar-refractivity contribution in [2.45, 2.75) is 58.9 Å². The van der Waals surface area contributed by atoms with Gasteiger partial charge in [-0.15, -0.1) is 0 Å². The molecule has 0 N–H and O–H groups in total. The van der Waals surface area contributed by atoms with E-state index in [1.165, 1.54) is 25.5 Å². The van der Waals surface area contributed by atoms with E-state index >= 15 is 0 Å². The lowest BCUT2D eigenvalue weighted by Gasteiger charge is -2.54. The summed E-state index contributed by atoms with van der Waals surface area (Å²) in [5.74, 6) is 0.804. The van der Waals surface area contributed by atoms with Gasteiger partial charge in [0.1, 0.15) is 0 Å². The minimum Gasteiger partial charge on any atom is -0.469 e. The van der Waals surface area contributed by atoms with Gasteiger partial charge in [-0.3, -0.25) is 4.79 Å². The van der Waals surface area contributed by atoms with E-state index in [-0.39, 0.29) is 17.5 Å². The molecule has 1 saturated heterocycles. The molecule has 0 aromatic rings. The van der Waals surface area contributed by atoms with Gasteiger partial charge in [0.25, 0.3) is 0 Å². The third kappa shape index (κ3) is 3.59. The molecule has 2 rings (SSSR count). The summed E-state index contributed by atoms with van der Waals surface area (Å²) in [4.78, 5) is 11.7. The van der Waals surface area contributed by atoms with Gasteiger partial charge >= 0.3 is 5.97 Å². The van der Waals surface area contributed by atoms with Crippen LogP contribution in [0.1, 0.15) is 33.1 Å². The smallest absolute Gasteiger partial charge is 0.308 e. The zero-order valence-electron chi connectivity index (χ0n) is 14.4. The molecule has 0 aromatic heterocycles. The third-order valence-corrected chi connectivity index (χ3v) is 6.37. The van der Waals surface area contributed by atoms with Gasteiger partial charge in [-0.1, -0.05) is 44.8 Å². The van der Waals surface area contributed by atoms with Gasteiger partial charge in [-0.05, 0) is 24.2 Å². The Balaban J connectivity index is 2.33. The summed E-state index contributed by atoms with van der Waals surface area (Å²) in [6, 6.07) is 0. The number of ether oxygens (including phenoxy) is 2. The number of fused-ring (bicyclic) bond motifs is 2. The van der Waals surface area contributed by atoms with Gasteiger partial charge in [0.2, 0.25) is 0 Å². The molecular formula is C17H30O3Si. The fraction of sp³-hybridized carbons (Fsp3) is 0.824. The van der Waals surface area contributed by atoms with Crippen LogP contribution in [0.5, 0.6) is 0 Å². The first-order valence-electron chi connectivity index (χ1n) is 8.05. The van der Waals surface area contributed by atoms with Crippen LogP contribution in [0.2, 0.25) is 19.6 Å². The largest absolute Gasteiger partial charge is 0.469 e. The van der Waals surface area contributed by atoms with E-state index < -0.39 is 8.07 Å². The van der Waals surface area contributed by atoms with Gasteiger partial charge in [0.05, 0.1) is 34.3 Å². The molecule has 4 heteroatoms. The molecule has 2 aliphatic rings. The van der Waals surface area contributed by atoms with Crippen molar-refractivity contribution in [2.24, 2.45) is 17.3 Å². The molecule has 0 spiro atoms.